The first-order chi connectivity index (χ1) is 14.3. The fourth-order valence-corrected chi connectivity index (χ4v) is 3.61. The Labute approximate surface area is 174 Å². The molecule has 6 nitrogen and oxygen atoms in total. The van der Waals surface area contributed by atoms with Crippen LogP contribution in [0.1, 0.15) is 32.4 Å². The Kier molecular flexibility index (Phi) is 4.78. The minimum atomic E-state index is -0.747. The van der Waals surface area contributed by atoms with E-state index in [1.807, 2.05) is 42.5 Å². The highest BCUT2D eigenvalue weighted by Gasteiger charge is 2.46. The molecule has 0 bridgehead atoms. The summed E-state index contributed by atoms with van der Waals surface area (Å²) in [6.07, 6.45) is 1.49. The molecule has 1 aromatic heterocycles. The van der Waals surface area contributed by atoms with Gasteiger partial charge in [0.05, 0.1) is 11.6 Å². The standard InChI is InChI=1S/C24H22N2O4/c1-24(2,3)22(28)19-20(16-7-5-4-6-8-16)26(23(29)21(19)27)17-11-9-15(10-12-17)18-13-14-30-25-18/h4-14,20,27H,1-3H3. The minimum Gasteiger partial charge on any atom is -0.503 e. The van der Waals surface area contributed by atoms with Gasteiger partial charge in [-0.05, 0) is 17.7 Å². The quantitative estimate of drug-likeness (QED) is 0.674. The number of anilines is 1. The number of carbonyl (C=O) groups is 2. The first kappa shape index (κ1) is 19.6. The van der Waals surface area contributed by atoms with Crippen molar-refractivity contribution in [3.63, 3.8) is 0 Å². The first-order valence-corrected chi connectivity index (χ1v) is 9.66. The summed E-state index contributed by atoms with van der Waals surface area (Å²) in [7, 11) is 0. The first-order valence-electron chi connectivity index (χ1n) is 9.66. The molecule has 30 heavy (non-hydrogen) atoms. The molecule has 0 fully saturated rings. The van der Waals surface area contributed by atoms with E-state index in [0.29, 0.717) is 11.4 Å². The molecule has 0 spiro atoms. The van der Waals surface area contributed by atoms with Crippen LogP contribution in [0.3, 0.4) is 0 Å². The fourth-order valence-electron chi connectivity index (χ4n) is 3.61. The summed E-state index contributed by atoms with van der Waals surface area (Å²) in [6.45, 7) is 5.33. The van der Waals surface area contributed by atoms with Gasteiger partial charge in [-0.15, -0.1) is 0 Å². The van der Waals surface area contributed by atoms with Gasteiger partial charge in [0.2, 0.25) is 0 Å². The number of carbonyl (C=O) groups excluding carboxylic acids is 2. The van der Waals surface area contributed by atoms with E-state index in [0.717, 1.165) is 11.1 Å². The van der Waals surface area contributed by atoms with Crippen molar-refractivity contribution in [2.75, 3.05) is 4.90 Å². The van der Waals surface area contributed by atoms with Crippen LogP contribution in [0, 0.1) is 5.41 Å². The maximum Gasteiger partial charge on any atom is 0.294 e. The average Bonchev–Trinajstić information content (AvgIpc) is 3.35. The highest BCUT2D eigenvalue weighted by atomic mass is 16.5. The summed E-state index contributed by atoms with van der Waals surface area (Å²) in [4.78, 5) is 27.7. The van der Waals surface area contributed by atoms with Gasteiger partial charge in [0.15, 0.2) is 11.5 Å². The molecule has 3 aromatic rings. The second kappa shape index (κ2) is 7.30. The zero-order chi connectivity index (χ0) is 21.5. The van der Waals surface area contributed by atoms with E-state index < -0.39 is 23.1 Å². The number of aliphatic hydroxyl groups is 1. The number of ketones is 1. The molecule has 1 unspecified atom stereocenters. The van der Waals surface area contributed by atoms with E-state index in [9.17, 15) is 14.7 Å². The van der Waals surface area contributed by atoms with E-state index in [1.165, 1.54) is 11.2 Å². The molecule has 6 heteroatoms. The van der Waals surface area contributed by atoms with Crippen LogP contribution in [-0.4, -0.2) is 22.0 Å². The lowest BCUT2D eigenvalue weighted by atomic mass is 9.82. The Morgan fingerprint density at radius 3 is 2.27 bits per heavy atom. The summed E-state index contributed by atoms with van der Waals surface area (Å²) in [6, 6.07) is 17.5. The summed E-state index contributed by atoms with van der Waals surface area (Å²) < 4.78 is 4.89. The van der Waals surface area contributed by atoms with Gasteiger partial charge in [-0.1, -0.05) is 68.4 Å². The van der Waals surface area contributed by atoms with E-state index >= 15 is 0 Å². The smallest absolute Gasteiger partial charge is 0.294 e. The van der Waals surface area contributed by atoms with Gasteiger partial charge in [-0.2, -0.15) is 0 Å². The normalized spacial score (nSPS) is 17.0. The van der Waals surface area contributed by atoms with Crippen LogP contribution in [-0.2, 0) is 9.59 Å². The van der Waals surface area contributed by atoms with E-state index in [4.69, 9.17) is 4.52 Å². The second-order valence-corrected chi connectivity index (χ2v) is 8.26. The number of hydrogen-bond donors (Lipinski definition) is 1. The maximum absolute atomic E-state index is 13.2. The van der Waals surface area contributed by atoms with Crippen LogP contribution in [0.5, 0.6) is 0 Å². The van der Waals surface area contributed by atoms with Crippen LogP contribution >= 0.6 is 0 Å². The molecule has 2 aromatic carbocycles. The van der Waals surface area contributed by atoms with Crippen LogP contribution in [0.15, 0.2) is 82.8 Å². The van der Waals surface area contributed by atoms with Crippen LogP contribution < -0.4 is 4.90 Å². The van der Waals surface area contributed by atoms with Crippen LogP contribution in [0.4, 0.5) is 5.69 Å². The molecule has 1 aliphatic heterocycles. The van der Waals surface area contributed by atoms with E-state index in [2.05, 4.69) is 5.16 Å². The van der Waals surface area contributed by atoms with E-state index in [-0.39, 0.29) is 11.4 Å². The molecule has 1 atom stereocenters. The number of aromatic nitrogens is 1. The monoisotopic (exact) mass is 402 g/mol. The lowest BCUT2D eigenvalue weighted by Gasteiger charge is -2.29. The van der Waals surface area contributed by atoms with Gasteiger partial charge in [-0.3, -0.25) is 14.5 Å². The summed E-state index contributed by atoms with van der Waals surface area (Å²) in [5.41, 5.74) is 2.22. The molecule has 0 aliphatic carbocycles. The zero-order valence-corrected chi connectivity index (χ0v) is 17.0. The van der Waals surface area contributed by atoms with E-state index in [1.54, 1.807) is 39.0 Å². The van der Waals surface area contributed by atoms with Crippen molar-refractivity contribution in [2.24, 2.45) is 5.41 Å². The predicted octanol–water partition coefficient (Wildman–Crippen LogP) is 4.86. The predicted molar refractivity (Wildman–Crippen MR) is 113 cm³/mol. The van der Waals surface area contributed by atoms with Crippen molar-refractivity contribution in [1.29, 1.82) is 0 Å². The van der Waals surface area contributed by atoms with Gasteiger partial charge >= 0.3 is 0 Å². The van der Waals surface area contributed by atoms with Crippen molar-refractivity contribution in [3.8, 4) is 11.3 Å². The third kappa shape index (κ3) is 3.30. The molecule has 1 amide bonds. The zero-order valence-electron chi connectivity index (χ0n) is 17.0. The van der Waals surface area contributed by atoms with Crippen molar-refractivity contribution >= 4 is 17.4 Å². The molecule has 1 aliphatic rings. The number of Topliss-reactive ketones (excluding diaryl/α,β-unsaturated/α-hetero) is 1. The number of nitrogens with zero attached hydrogens (tertiary/aromatic N) is 2. The molecule has 152 valence electrons. The molecule has 2 heterocycles. The van der Waals surface area contributed by atoms with Crippen LogP contribution in [0.2, 0.25) is 0 Å². The Bertz CT molecular complexity index is 1110. The Morgan fingerprint density at radius 2 is 1.70 bits per heavy atom. The number of aliphatic hydroxyl groups excluding tert-OH is 1. The average molecular weight is 402 g/mol. The highest BCUT2D eigenvalue weighted by Crippen LogP contribution is 2.43. The lowest BCUT2D eigenvalue weighted by molar-refractivity contribution is -0.123. The lowest BCUT2D eigenvalue weighted by Crippen LogP contribution is -2.32. The molecule has 0 saturated heterocycles. The number of amides is 1. The van der Waals surface area contributed by atoms with Crippen molar-refractivity contribution < 1.29 is 19.2 Å². The van der Waals surface area contributed by atoms with Gasteiger partial charge in [-0.25, -0.2) is 0 Å². The van der Waals surface area contributed by atoms with Crippen LogP contribution in [0.25, 0.3) is 11.3 Å². The number of hydrogen-bond acceptors (Lipinski definition) is 5. The maximum atomic E-state index is 13.2. The number of benzene rings is 2. The third-order valence-corrected chi connectivity index (χ3v) is 5.13. The SMILES string of the molecule is CC(C)(C)C(=O)C1=C(O)C(=O)N(c2ccc(-c3ccon3)cc2)C1c1ccccc1. The summed E-state index contributed by atoms with van der Waals surface area (Å²) >= 11 is 0. The van der Waals surface area contributed by atoms with Crippen molar-refractivity contribution in [1.82, 2.24) is 5.16 Å². The Morgan fingerprint density at radius 1 is 1.03 bits per heavy atom. The second-order valence-electron chi connectivity index (χ2n) is 8.26. The van der Waals surface area contributed by atoms with Gasteiger partial charge < -0.3 is 9.63 Å². The van der Waals surface area contributed by atoms with Crippen molar-refractivity contribution in [3.05, 3.63) is 83.8 Å². The topological polar surface area (TPSA) is 83.6 Å². The van der Waals surface area contributed by atoms with Gasteiger partial charge in [0.1, 0.15) is 12.0 Å². The molecular weight excluding hydrogens is 380 g/mol. The largest absolute Gasteiger partial charge is 0.503 e. The molecule has 1 N–H and O–H groups in total. The fraction of sp³-hybridized carbons (Fsp3) is 0.208. The molecular formula is C24H22N2O4. The Balaban J connectivity index is 1.81. The minimum absolute atomic E-state index is 0.124. The molecule has 4 rings (SSSR count). The summed E-state index contributed by atoms with van der Waals surface area (Å²) in [5.74, 6) is -1.35. The van der Waals surface area contributed by atoms with Gasteiger partial charge in [0.25, 0.3) is 5.91 Å². The summed E-state index contributed by atoms with van der Waals surface area (Å²) in [5, 5.41) is 14.6. The highest BCUT2D eigenvalue weighted by molar-refractivity contribution is 6.17. The Hall–Kier alpha value is -3.67. The van der Waals surface area contributed by atoms with Crippen molar-refractivity contribution in [2.45, 2.75) is 26.8 Å². The van der Waals surface area contributed by atoms with Gasteiger partial charge in [0, 0.05) is 22.7 Å². The third-order valence-electron chi connectivity index (χ3n) is 5.13. The molecule has 0 saturated carbocycles. The number of rotatable bonds is 4. The molecule has 0 radical (unpaired) electrons.